The second-order valence-electron chi connectivity index (χ2n) is 5.08. The van der Waals surface area contributed by atoms with Gasteiger partial charge in [-0.25, -0.2) is 0 Å². The minimum absolute atomic E-state index is 0.213. The Kier molecular flexibility index (Phi) is 5.99. The summed E-state index contributed by atoms with van der Waals surface area (Å²) in [6.45, 7) is 7.35. The highest BCUT2D eigenvalue weighted by molar-refractivity contribution is 5.67. The van der Waals surface area contributed by atoms with Gasteiger partial charge < -0.3 is 15.5 Å². The Bertz CT molecular complexity index is 420. The van der Waals surface area contributed by atoms with E-state index in [1.807, 2.05) is 0 Å². The van der Waals surface area contributed by atoms with Crippen molar-refractivity contribution >= 4 is 5.97 Å². The minimum Gasteiger partial charge on any atom is -0.481 e. The number of benzene rings is 1. The molecule has 1 atom stereocenters. The van der Waals surface area contributed by atoms with Crippen LogP contribution in [0.25, 0.3) is 0 Å². The predicted molar refractivity (Wildman–Crippen MR) is 75.5 cm³/mol. The number of aliphatic carboxylic acids is 1. The molecule has 19 heavy (non-hydrogen) atoms. The van der Waals surface area contributed by atoms with Crippen molar-refractivity contribution in [2.24, 2.45) is 0 Å². The van der Waals surface area contributed by atoms with E-state index in [1.54, 1.807) is 0 Å². The number of aliphatic hydroxyl groups excluding tert-OH is 1. The van der Waals surface area contributed by atoms with Gasteiger partial charge in [0.25, 0.3) is 0 Å². The van der Waals surface area contributed by atoms with Gasteiger partial charge in [-0.05, 0) is 50.4 Å². The molecule has 0 heterocycles. The molecule has 1 aromatic rings. The van der Waals surface area contributed by atoms with E-state index in [9.17, 15) is 9.90 Å². The monoisotopic (exact) mass is 265 g/mol. The van der Waals surface area contributed by atoms with E-state index in [-0.39, 0.29) is 6.42 Å². The second kappa shape index (κ2) is 7.26. The van der Waals surface area contributed by atoms with Crippen LogP contribution in [-0.4, -0.2) is 35.4 Å². The molecular weight excluding hydrogens is 242 g/mol. The van der Waals surface area contributed by atoms with Crippen molar-refractivity contribution in [2.45, 2.75) is 39.7 Å². The van der Waals surface area contributed by atoms with Crippen molar-refractivity contribution in [3.05, 3.63) is 34.4 Å². The summed E-state index contributed by atoms with van der Waals surface area (Å²) in [5.74, 6) is -0.973. The molecule has 106 valence electrons. The summed E-state index contributed by atoms with van der Waals surface area (Å²) in [5, 5.41) is 21.0. The average molecular weight is 265 g/mol. The van der Waals surface area contributed by atoms with Crippen LogP contribution in [0.2, 0.25) is 0 Å². The maximum absolute atomic E-state index is 10.4. The third kappa shape index (κ3) is 5.41. The highest BCUT2D eigenvalue weighted by Gasteiger charge is 2.09. The molecule has 4 heteroatoms. The van der Waals surface area contributed by atoms with Crippen LogP contribution >= 0.6 is 0 Å². The fraction of sp³-hybridized carbons (Fsp3) is 0.533. The van der Waals surface area contributed by atoms with Gasteiger partial charge in [0.2, 0.25) is 0 Å². The topological polar surface area (TPSA) is 69.6 Å². The van der Waals surface area contributed by atoms with Gasteiger partial charge in [0.1, 0.15) is 0 Å². The lowest BCUT2D eigenvalue weighted by Gasteiger charge is -2.13. The molecule has 0 aliphatic rings. The van der Waals surface area contributed by atoms with Gasteiger partial charge in [-0.1, -0.05) is 17.7 Å². The molecule has 0 aromatic heterocycles. The first-order valence-electron chi connectivity index (χ1n) is 6.57. The molecule has 1 aromatic carbocycles. The maximum Gasteiger partial charge on any atom is 0.306 e. The van der Waals surface area contributed by atoms with Gasteiger partial charge in [-0.3, -0.25) is 4.79 Å². The smallest absolute Gasteiger partial charge is 0.306 e. The molecule has 0 saturated carbocycles. The summed E-state index contributed by atoms with van der Waals surface area (Å²) in [6.07, 6.45) is -0.148. The summed E-state index contributed by atoms with van der Waals surface area (Å²) >= 11 is 0. The lowest BCUT2D eigenvalue weighted by molar-refractivity contribution is -0.139. The zero-order valence-corrected chi connectivity index (χ0v) is 11.9. The number of nitrogens with one attached hydrogen (secondary N) is 1. The molecule has 1 rings (SSSR count). The Balaban J connectivity index is 2.40. The van der Waals surface area contributed by atoms with Gasteiger partial charge in [0, 0.05) is 6.54 Å². The van der Waals surface area contributed by atoms with E-state index in [0.717, 1.165) is 13.0 Å². The molecule has 0 saturated heterocycles. The third-order valence-corrected chi connectivity index (χ3v) is 3.18. The Labute approximate surface area is 114 Å². The third-order valence-electron chi connectivity index (χ3n) is 3.18. The number of carbonyl (C=O) groups is 1. The van der Waals surface area contributed by atoms with Crippen molar-refractivity contribution in [2.75, 3.05) is 13.1 Å². The first kappa shape index (κ1) is 15.7. The number of carboxylic acid groups (broad SMARTS) is 1. The summed E-state index contributed by atoms with van der Waals surface area (Å²) < 4.78 is 0. The van der Waals surface area contributed by atoms with Gasteiger partial charge >= 0.3 is 5.97 Å². The van der Waals surface area contributed by atoms with Crippen LogP contribution in [-0.2, 0) is 11.2 Å². The maximum atomic E-state index is 10.4. The fourth-order valence-corrected chi connectivity index (χ4v) is 2.36. The van der Waals surface area contributed by atoms with Crippen LogP contribution in [0.1, 0.15) is 28.7 Å². The van der Waals surface area contributed by atoms with Crippen LogP contribution in [0, 0.1) is 20.8 Å². The molecule has 0 aliphatic heterocycles. The van der Waals surface area contributed by atoms with E-state index in [2.05, 4.69) is 38.2 Å². The molecule has 0 spiro atoms. The lowest BCUT2D eigenvalue weighted by atomic mass is 9.97. The van der Waals surface area contributed by atoms with Gasteiger partial charge in [0.05, 0.1) is 12.5 Å². The molecule has 0 fully saturated rings. The number of aliphatic hydroxyl groups is 1. The van der Waals surface area contributed by atoms with Crippen LogP contribution in [0.3, 0.4) is 0 Å². The van der Waals surface area contributed by atoms with Crippen LogP contribution in [0.5, 0.6) is 0 Å². The summed E-state index contributed by atoms with van der Waals surface area (Å²) in [6, 6.07) is 4.34. The number of aryl methyl sites for hydroxylation is 3. The van der Waals surface area contributed by atoms with Gasteiger partial charge in [-0.2, -0.15) is 0 Å². The first-order valence-corrected chi connectivity index (χ1v) is 6.57. The zero-order chi connectivity index (χ0) is 14.4. The zero-order valence-electron chi connectivity index (χ0n) is 11.9. The normalized spacial score (nSPS) is 12.4. The number of hydrogen-bond donors (Lipinski definition) is 3. The van der Waals surface area contributed by atoms with Crippen LogP contribution in [0.15, 0.2) is 12.1 Å². The Morgan fingerprint density at radius 3 is 2.37 bits per heavy atom. The predicted octanol–water partition coefficient (Wildman–Crippen LogP) is 1.58. The SMILES string of the molecule is Cc1cc(C)c(CCNCC(O)CC(=O)O)c(C)c1. The molecular formula is C15H23NO3. The van der Waals surface area contributed by atoms with E-state index in [1.165, 1.54) is 22.3 Å². The quantitative estimate of drug-likeness (QED) is 0.655. The standard InChI is InChI=1S/C15H23NO3/c1-10-6-11(2)14(12(3)7-10)4-5-16-9-13(17)8-15(18)19/h6-7,13,16-17H,4-5,8-9H2,1-3H3,(H,18,19). The molecule has 3 N–H and O–H groups in total. The van der Waals surface area contributed by atoms with Gasteiger partial charge in [0.15, 0.2) is 0 Å². The summed E-state index contributed by atoms with van der Waals surface area (Å²) in [5.41, 5.74) is 5.16. The van der Waals surface area contributed by atoms with Crippen molar-refractivity contribution < 1.29 is 15.0 Å². The van der Waals surface area contributed by atoms with E-state index in [0.29, 0.717) is 6.54 Å². The van der Waals surface area contributed by atoms with Crippen molar-refractivity contribution in [1.29, 1.82) is 0 Å². The Morgan fingerprint density at radius 1 is 1.26 bits per heavy atom. The first-order chi connectivity index (χ1) is 8.90. The largest absolute Gasteiger partial charge is 0.481 e. The lowest BCUT2D eigenvalue weighted by Crippen LogP contribution is -2.30. The summed E-state index contributed by atoms with van der Waals surface area (Å²) in [4.78, 5) is 10.4. The number of carboxylic acids is 1. The van der Waals surface area contributed by atoms with E-state index in [4.69, 9.17) is 5.11 Å². The average Bonchev–Trinajstić information content (AvgIpc) is 2.25. The number of hydrogen-bond acceptors (Lipinski definition) is 3. The molecule has 0 amide bonds. The van der Waals surface area contributed by atoms with Crippen LogP contribution < -0.4 is 5.32 Å². The highest BCUT2D eigenvalue weighted by atomic mass is 16.4. The molecule has 0 bridgehead atoms. The Morgan fingerprint density at radius 2 is 1.84 bits per heavy atom. The molecule has 0 aliphatic carbocycles. The van der Waals surface area contributed by atoms with Crippen LogP contribution in [0.4, 0.5) is 0 Å². The molecule has 4 nitrogen and oxygen atoms in total. The van der Waals surface area contributed by atoms with E-state index >= 15 is 0 Å². The fourth-order valence-electron chi connectivity index (χ4n) is 2.36. The van der Waals surface area contributed by atoms with E-state index < -0.39 is 12.1 Å². The van der Waals surface area contributed by atoms with Crippen molar-refractivity contribution in [3.63, 3.8) is 0 Å². The highest BCUT2D eigenvalue weighted by Crippen LogP contribution is 2.16. The van der Waals surface area contributed by atoms with Crippen molar-refractivity contribution in [3.8, 4) is 0 Å². The molecule has 0 radical (unpaired) electrons. The second-order valence-corrected chi connectivity index (χ2v) is 5.08. The molecule has 1 unspecified atom stereocenters. The summed E-state index contributed by atoms with van der Waals surface area (Å²) in [7, 11) is 0. The van der Waals surface area contributed by atoms with Crippen molar-refractivity contribution in [1.82, 2.24) is 5.32 Å². The minimum atomic E-state index is -0.973. The number of rotatable bonds is 7. The Hall–Kier alpha value is -1.39. The van der Waals surface area contributed by atoms with Gasteiger partial charge in [-0.15, -0.1) is 0 Å².